The van der Waals surface area contributed by atoms with Gasteiger partial charge < -0.3 is 9.64 Å². The van der Waals surface area contributed by atoms with Crippen LogP contribution in [0.5, 0.6) is 11.5 Å². The molecule has 0 aromatic heterocycles. The molecule has 1 spiro atoms. The van der Waals surface area contributed by atoms with E-state index >= 15 is 0 Å². The third-order valence-corrected chi connectivity index (χ3v) is 11.9. The highest BCUT2D eigenvalue weighted by atomic mass is 32.2. The number of nitrogens with zero attached hydrogens (tertiary/aromatic N) is 1. The summed E-state index contributed by atoms with van der Waals surface area (Å²) in [7, 11) is 0. The van der Waals surface area contributed by atoms with Crippen LogP contribution in [0.3, 0.4) is 0 Å². The summed E-state index contributed by atoms with van der Waals surface area (Å²) in [5.74, 6) is 1.82. The summed E-state index contributed by atoms with van der Waals surface area (Å²) in [5.41, 5.74) is 12.7. The van der Waals surface area contributed by atoms with Crippen LogP contribution in [0.15, 0.2) is 174 Å². The van der Waals surface area contributed by atoms with Gasteiger partial charge in [0.2, 0.25) is 0 Å². The Morgan fingerprint density at radius 3 is 1.69 bits per heavy atom. The monoisotopic (exact) mass is 647 g/mol. The molecule has 3 aliphatic rings. The summed E-state index contributed by atoms with van der Waals surface area (Å²) < 4.78 is 7.05. The van der Waals surface area contributed by atoms with E-state index in [9.17, 15) is 0 Å². The van der Waals surface area contributed by atoms with Crippen molar-refractivity contribution in [1.82, 2.24) is 0 Å². The van der Waals surface area contributed by atoms with Crippen molar-refractivity contribution in [1.29, 1.82) is 0 Å². The van der Waals surface area contributed by atoms with E-state index in [2.05, 4.69) is 183 Å². The number of hydrogen-bond acceptors (Lipinski definition) is 3. The minimum absolute atomic E-state index is 0.156. The fraction of sp³-hybridized carbons (Fsp3) is 0.0870. The molecule has 0 saturated heterocycles. The van der Waals surface area contributed by atoms with Gasteiger partial charge in [-0.05, 0) is 70.3 Å². The molecule has 2 heterocycles. The lowest BCUT2D eigenvalue weighted by atomic mass is 9.53. The normalized spacial score (nSPS) is 15.5. The van der Waals surface area contributed by atoms with Crippen LogP contribution in [0.25, 0.3) is 11.1 Å². The Bertz CT molecular complexity index is 2360. The Labute approximate surface area is 291 Å². The van der Waals surface area contributed by atoms with Gasteiger partial charge in [0.15, 0.2) is 0 Å². The molecule has 0 saturated carbocycles. The van der Waals surface area contributed by atoms with E-state index in [4.69, 9.17) is 4.74 Å². The average Bonchev–Trinajstić information content (AvgIpc) is 3.15. The quantitative estimate of drug-likeness (QED) is 0.185. The molecule has 7 aromatic rings. The number of para-hydroxylation sites is 4. The molecular formula is C46H33NOS. The number of rotatable bonds is 2. The Kier molecular flexibility index (Phi) is 6.10. The van der Waals surface area contributed by atoms with Gasteiger partial charge in [0.05, 0.1) is 16.8 Å². The molecule has 2 aliphatic heterocycles. The van der Waals surface area contributed by atoms with E-state index in [0.29, 0.717) is 0 Å². The van der Waals surface area contributed by atoms with Crippen LogP contribution in [-0.4, -0.2) is 0 Å². The number of ether oxygens (including phenoxy) is 1. The molecule has 0 bridgehead atoms. The van der Waals surface area contributed by atoms with Gasteiger partial charge in [-0.25, -0.2) is 0 Å². The van der Waals surface area contributed by atoms with Gasteiger partial charge >= 0.3 is 0 Å². The Morgan fingerprint density at radius 1 is 0.490 bits per heavy atom. The average molecular weight is 648 g/mol. The van der Waals surface area contributed by atoms with Crippen LogP contribution in [0, 0.1) is 0 Å². The predicted octanol–water partition coefficient (Wildman–Crippen LogP) is 12.4. The van der Waals surface area contributed by atoms with E-state index in [0.717, 1.165) is 28.3 Å². The van der Waals surface area contributed by atoms with Gasteiger partial charge in [0.1, 0.15) is 11.5 Å². The fourth-order valence-electron chi connectivity index (χ4n) is 8.67. The summed E-state index contributed by atoms with van der Waals surface area (Å²) in [5, 5.41) is 0. The number of fused-ring (bicyclic) bond motifs is 10. The molecule has 3 heteroatoms. The lowest BCUT2D eigenvalue weighted by molar-refractivity contribution is 0.427. The van der Waals surface area contributed by atoms with Gasteiger partial charge in [-0.15, -0.1) is 0 Å². The van der Waals surface area contributed by atoms with Gasteiger partial charge in [-0.2, -0.15) is 0 Å². The lowest BCUT2D eigenvalue weighted by Crippen LogP contribution is -2.43. The Balaban J connectivity index is 1.23. The van der Waals surface area contributed by atoms with Crippen molar-refractivity contribution >= 4 is 28.8 Å². The number of hydrogen-bond donors (Lipinski definition) is 0. The summed E-state index contributed by atoms with van der Waals surface area (Å²) in [4.78, 5) is 4.90. The molecule has 0 N–H and O–H groups in total. The predicted molar refractivity (Wildman–Crippen MR) is 201 cm³/mol. The van der Waals surface area contributed by atoms with E-state index in [1.807, 2.05) is 11.8 Å². The van der Waals surface area contributed by atoms with Crippen molar-refractivity contribution in [2.24, 2.45) is 0 Å². The molecule has 7 aromatic carbocycles. The highest BCUT2D eigenvalue weighted by Crippen LogP contribution is 2.62. The van der Waals surface area contributed by atoms with Crippen LogP contribution in [0.1, 0.15) is 47.2 Å². The van der Waals surface area contributed by atoms with Crippen molar-refractivity contribution < 1.29 is 4.74 Å². The second-order valence-corrected chi connectivity index (χ2v) is 14.8. The van der Waals surface area contributed by atoms with Gasteiger partial charge in [-0.1, -0.05) is 147 Å². The van der Waals surface area contributed by atoms with Crippen LogP contribution in [-0.2, 0) is 10.8 Å². The zero-order valence-corrected chi connectivity index (χ0v) is 28.2. The third-order valence-electron chi connectivity index (χ3n) is 10.8. The molecule has 2 nitrogen and oxygen atoms in total. The molecule has 0 atom stereocenters. The Hall–Kier alpha value is -5.51. The summed E-state index contributed by atoms with van der Waals surface area (Å²) in [6, 6.07) is 59.8. The third kappa shape index (κ3) is 3.91. The van der Waals surface area contributed by atoms with Crippen LogP contribution < -0.4 is 9.64 Å². The first-order valence-corrected chi connectivity index (χ1v) is 17.8. The molecule has 1 aliphatic carbocycles. The Morgan fingerprint density at radius 2 is 1.02 bits per heavy atom. The molecule has 0 amide bonds. The zero-order chi connectivity index (χ0) is 32.7. The number of benzene rings is 7. The van der Waals surface area contributed by atoms with E-state index in [1.54, 1.807) is 0 Å². The van der Waals surface area contributed by atoms with Crippen molar-refractivity contribution in [3.63, 3.8) is 0 Å². The zero-order valence-electron chi connectivity index (χ0n) is 27.4. The second kappa shape index (κ2) is 10.5. The summed E-state index contributed by atoms with van der Waals surface area (Å²) >= 11 is 1.83. The summed E-state index contributed by atoms with van der Waals surface area (Å²) in [6.07, 6.45) is 0. The first-order chi connectivity index (χ1) is 24.1. The molecule has 234 valence electrons. The van der Waals surface area contributed by atoms with Crippen LogP contribution >= 0.6 is 11.8 Å². The van der Waals surface area contributed by atoms with Crippen LogP contribution in [0.4, 0.5) is 17.1 Å². The topological polar surface area (TPSA) is 12.5 Å². The maximum atomic E-state index is 7.05. The highest BCUT2D eigenvalue weighted by Gasteiger charge is 2.53. The largest absolute Gasteiger partial charge is 0.456 e. The van der Waals surface area contributed by atoms with E-state index in [1.165, 1.54) is 54.5 Å². The molecule has 0 fully saturated rings. The van der Waals surface area contributed by atoms with Crippen molar-refractivity contribution in [3.8, 4) is 22.6 Å². The van der Waals surface area contributed by atoms with Gasteiger partial charge in [0, 0.05) is 37.6 Å². The minimum atomic E-state index is -0.539. The lowest BCUT2D eigenvalue weighted by Gasteiger charge is -2.50. The van der Waals surface area contributed by atoms with E-state index in [-0.39, 0.29) is 5.41 Å². The van der Waals surface area contributed by atoms with Crippen LogP contribution in [0.2, 0.25) is 0 Å². The first-order valence-electron chi connectivity index (χ1n) is 16.9. The van der Waals surface area contributed by atoms with Gasteiger partial charge in [0.25, 0.3) is 0 Å². The van der Waals surface area contributed by atoms with Gasteiger partial charge in [-0.3, -0.25) is 0 Å². The summed E-state index contributed by atoms with van der Waals surface area (Å²) in [6.45, 7) is 4.72. The molecule has 10 rings (SSSR count). The minimum Gasteiger partial charge on any atom is -0.456 e. The standard InChI is InChI=1S/C46H33NOS/c1-45(2)33-18-3-5-20-35(33)46(36-21-6-4-19-34(36)45)37-22-7-10-26-41(37)48-44-32(17-14-23-38(44)46)30-15-13-16-31(29-30)47-39-24-8-11-27-42(39)49-43-28-12-9-25-40(43)47/h3-29H,1-2H3. The fourth-order valence-corrected chi connectivity index (χ4v) is 9.72. The van der Waals surface area contributed by atoms with E-state index < -0.39 is 5.41 Å². The molecule has 0 unspecified atom stereocenters. The first kappa shape index (κ1) is 28.5. The van der Waals surface area contributed by atoms with Crippen molar-refractivity contribution in [3.05, 3.63) is 197 Å². The smallest absolute Gasteiger partial charge is 0.140 e. The molecule has 49 heavy (non-hydrogen) atoms. The maximum Gasteiger partial charge on any atom is 0.140 e. The van der Waals surface area contributed by atoms with Crippen molar-refractivity contribution in [2.75, 3.05) is 4.90 Å². The maximum absolute atomic E-state index is 7.05. The number of anilines is 3. The highest BCUT2D eigenvalue weighted by molar-refractivity contribution is 7.99. The SMILES string of the molecule is CC1(C)c2ccccc2C2(c3ccccc3Oc3c(-c4cccc(N5c6ccccc6Sc6ccccc65)c4)cccc32)c2ccccc21. The second-order valence-electron chi connectivity index (χ2n) is 13.7. The molecular weight excluding hydrogens is 615 g/mol. The van der Waals surface area contributed by atoms with Crippen molar-refractivity contribution in [2.45, 2.75) is 34.5 Å². The molecule has 0 radical (unpaired) electrons.